The maximum absolute atomic E-state index is 12.8. The number of carbonyl (C=O) groups is 1. The zero-order chi connectivity index (χ0) is 14.8. The Hall–Kier alpha value is -1.42. The van der Waals surface area contributed by atoms with E-state index >= 15 is 0 Å². The minimum atomic E-state index is -3.48. The highest BCUT2D eigenvalue weighted by Gasteiger charge is 2.37. The van der Waals surface area contributed by atoms with Gasteiger partial charge in [0.25, 0.3) is 0 Å². The van der Waals surface area contributed by atoms with Crippen LogP contribution in [-0.2, 0) is 14.6 Å². The van der Waals surface area contributed by atoms with Gasteiger partial charge >= 0.3 is 0 Å². The lowest BCUT2D eigenvalue weighted by atomic mass is 9.84. The number of rotatable bonds is 4. The third kappa shape index (κ3) is 3.01. The van der Waals surface area contributed by atoms with Crippen molar-refractivity contribution in [2.45, 2.75) is 42.8 Å². The summed E-state index contributed by atoms with van der Waals surface area (Å²) < 4.78 is 25.6. The van der Waals surface area contributed by atoms with Crippen LogP contribution in [0.2, 0.25) is 0 Å². The van der Waals surface area contributed by atoms with Crippen molar-refractivity contribution in [3.8, 4) is 0 Å². The Bertz CT molecular complexity index is 602. The van der Waals surface area contributed by atoms with Crippen LogP contribution in [0.1, 0.15) is 32.6 Å². The van der Waals surface area contributed by atoms with E-state index in [9.17, 15) is 13.2 Å². The molecule has 0 aromatic heterocycles. The average molecular weight is 292 g/mol. The molecule has 1 aliphatic rings. The SMILES string of the molecule is C=C(C)[C@@H]([C@H]1CCCC(=O)C1)S(=O)(=O)c1ccccc1. The lowest BCUT2D eigenvalue weighted by Gasteiger charge is -2.29. The van der Waals surface area contributed by atoms with Crippen molar-refractivity contribution in [3.05, 3.63) is 42.5 Å². The molecule has 0 spiro atoms. The van der Waals surface area contributed by atoms with Crippen molar-refractivity contribution in [2.24, 2.45) is 5.92 Å². The fourth-order valence-corrected chi connectivity index (χ4v) is 5.09. The molecule has 2 atom stereocenters. The van der Waals surface area contributed by atoms with E-state index in [1.807, 2.05) is 0 Å². The van der Waals surface area contributed by atoms with Crippen LogP contribution in [0.25, 0.3) is 0 Å². The molecular formula is C16H20O3S. The predicted octanol–water partition coefficient (Wildman–Crippen LogP) is 3.16. The Labute approximate surface area is 120 Å². The molecular weight excluding hydrogens is 272 g/mol. The molecule has 1 saturated carbocycles. The third-order valence-corrected chi connectivity index (χ3v) is 6.23. The van der Waals surface area contributed by atoms with E-state index < -0.39 is 15.1 Å². The smallest absolute Gasteiger partial charge is 0.185 e. The highest BCUT2D eigenvalue weighted by atomic mass is 32.2. The van der Waals surface area contributed by atoms with Gasteiger partial charge in [0.2, 0.25) is 0 Å². The molecule has 108 valence electrons. The number of carbonyl (C=O) groups excluding carboxylic acids is 1. The standard InChI is InChI=1S/C16H20O3S/c1-12(2)16(13-7-6-8-14(17)11-13)20(18,19)15-9-4-3-5-10-15/h3-5,9-10,13,16H,1,6-8,11H2,2H3/t13-,16-/m0/s1. The molecule has 0 amide bonds. The molecule has 1 fully saturated rings. The van der Waals surface area contributed by atoms with E-state index in [0.717, 1.165) is 12.8 Å². The number of benzene rings is 1. The summed E-state index contributed by atoms with van der Waals surface area (Å²) in [6, 6.07) is 8.44. The van der Waals surface area contributed by atoms with Crippen molar-refractivity contribution in [3.63, 3.8) is 0 Å². The first-order valence-corrected chi connectivity index (χ1v) is 8.43. The summed E-state index contributed by atoms with van der Waals surface area (Å²) in [6.07, 6.45) is 2.47. The molecule has 0 radical (unpaired) electrons. The molecule has 1 aromatic carbocycles. The Balaban J connectivity index is 2.38. The van der Waals surface area contributed by atoms with Gasteiger partial charge in [0.1, 0.15) is 5.78 Å². The minimum Gasteiger partial charge on any atom is -0.300 e. The highest BCUT2D eigenvalue weighted by Crippen LogP contribution is 2.34. The van der Waals surface area contributed by atoms with Gasteiger partial charge in [-0.15, -0.1) is 0 Å². The highest BCUT2D eigenvalue weighted by molar-refractivity contribution is 7.92. The predicted molar refractivity (Wildman–Crippen MR) is 79.2 cm³/mol. The lowest BCUT2D eigenvalue weighted by molar-refractivity contribution is -0.121. The van der Waals surface area contributed by atoms with E-state index in [-0.39, 0.29) is 11.7 Å². The van der Waals surface area contributed by atoms with Crippen LogP contribution >= 0.6 is 0 Å². The van der Waals surface area contributed by atoms with Crippen molar-refractivity contribution >= 4 is 15.6 Å². The van der Waals surface area contributed by atoms with Crippen LogP contribution in [0.3, 0.4) is 0 Å². The normalized spacial score (nSPS) is 21.4. The monoisotopic (exact) mass is 292 g/mol. The van der Waals surface area contributed by atoms with Gasteiger partial charge < -0.3 is 0 Å². The second kappa shape index (κ2) is 5.92. The second-order valence-electron chi connectivity index (χ2n) is 5.52. The van der Waals surface area contributed by atoms with Crippen LogP contribution in [0.4, 0.5) is 0 Å². The zero-order valence-corrected chi connectivity index (χ0v) is 12.5. The molecule has 2 rings (SSSR count). The maximum atomic E-state index is 12.8. The number of ketones is 1. The Kier molecular flexibility index (Phi) is 4.43. The summed E-state index contributed by atoms with van der Waals surface area (Å²) in [7, 11) is -3.48. The van der Waals surface area contributed by atoms with Crippen LogP contribution in [-0.4, -0.2) is 19.5 Å². The number of sulfone groups is 1. The largest absolute Gasteiger partial charge is 0.300 e. The molecule has 4 heteroatoms. The van der Waals surface area contributed by atoms with Gasteiger partial charge in [-0.05, 0) is 37.8 Å². The summed E-state index contributed by atoms with van der Waals surface area (Å²) in [5.74, 6) is 0.0229. The first kappa shape index (κ1) is 15.0. The second-order valence-corrected chi connectivity index (χ2v) is 7.59. The first-order chi connectivity index (χ1) is 9.43. The summed E-state index contributed by atoms with van der Waals surface area (Å²) in [6.45, 7) is 5.60. The summed E-state index contributed by atoms with van der Waals surface area (Å²) in [5.41, 5.74) is 0.619. The van der Waals surface area contributed by atoms with Crippen molar-refractivity contribution in [1.82, 2.24) is 0 Å². The van der Waals surface area contributed by atoms with E-state index in [2.05, 4.69) is 6.58 Å². The van der Waals surface area contributed by atoms with Gasteiger partial charge in [0, 0.05) is 12.8 Å². The Morgan fingerprint density at radius 1 is 1.30 bits per heavy atom. The van der Waals surface area contributed by atoms with Crippen LogP contribution in [0.15, 0.2) is 47.4 Å². The number of Topliss-reactive ketones (excluding diaryl/α,β-unsaturated/α-hetero) is 1. The lowest BCUT2D eigenvalue weighted by Crippen LogP contribution is -2.34. The fourth-order valence-electron chi connectivity index (χ4n) is 2.99. The molecule has 3 nitrogen and oxygen atoms in total. The molecule has 20 heavy (non-hydrogen) atoms. The van der Waals surface area contributed by atoms with Gasteiger partial charge in [-0.1, -0.05) is 30.4 Å². The Morgan fingerprint density at radius 2 is 1.95 bits per heavy atom. The number of hydrogen-bond acceptors (Lipinski definition) is 3. The molecule has 0 bridgehead atoms. The van der Waals surface area contributed by atoms with Crippen molar-refractivity contribution < 1.29 is 13.2 Å². The summed E-state index contributed by atoms with van der Waals surface area (Å²) in [4.78, 5) is 12.0. The van der Waals surface area contributed by atoms with E-state index in [0.29, 0.717) is 23.3 Å². The van der Waals surface area contributed by atoms with E-state index in [1.165, 1.54) is 0 Å². The summed E-state index contributed by atoms with van der Waals surface area (Å²) in [5, 5.41) is -0.658. The maximum Gasteiger partial charge on any atom is 0.185 e. The minimum absolute atomic E-state index is 0.140. The average Bonchev–Trinajstić information content (AvgIpc) is 2.39. The molecule has 0 heterocycles. The summed E-state index contributed by atoms with van der Waals surface area (Å²) >= 11 is 0. The first-order valence-electron chi connectivity index (χ1n) is 6.89. The van der Waals surface area contributed by atoms with E-state index in [4.69, 9.17) is 0 Å². The van der Waals surface area contributed by atoms with Gasteiger partial charge in [-0.2, -0.15) is 0 Å². The van der Waals surface area contributed by atoms with Crippen molar-refractivity contribution in [2.75, 3.05) is 0 Å². The molecule has 0 aliphatic heterocycles. The Morgan fingerprint density at radius 3 is 2.50 bits per heavy atom. The van der Waals surface area contributed by atoms with Gasteiger partial charge in [0.05, 0.1) is 10.1 Å². The van der Waals surface area contributed by atoms with Crippen molar-refractivity contribution in [1.29, 1.82) is 0 Å². The van der Waals surface area contributed by atoms with Gasteiger partial charge in [-0.25, -0.2) is 8.42 Å². The van der Waals surface area contributed by atoms with E-state index in [1.54, 1.807) is 37.3 Å². The van der Waals surface area contributed by atoms with Crippen LogP contribution in [0.5, 0.6) is 0 Å². The van der Waals surface area contributed by atoms with Crippen LogP contribution < -0.4 is 0 Å². The fraction of sp³-hybridized carbons (Fsp3) is 0.438. The quantitative estimate of drug-likeness (QED) is 0.801. The topological polar surface area (TPSA) is 51.2 Å². The van der Waals surface area contributed by atoms with Crippen LogP contribution in [0, 0.1) is 5.92 Å². The molecule has 1 aliphatic carbocycles. The molecule has 0 unspecified atom stereocenters. The molecule has 0 saturated heterocycles. The zero-order valence-electron chi connectivity index (χ0n) is 11.7. The molecule has 1 aromatic rings. The number of hydrogen-bond donors (Lipinski definition) is 0. The third-order valence-electron chi connectivity index (χ3n) is 3.84. The molecule has 0 N–H and O–H groups in total. The van der Waals surface area contributed by atoms with Gasteiger partial charge in [0.15, 0.2) is 9.84 Å². The van der Waals surface area contributed by atoms with Gasteiger partial charge in [-0.3, -0.25) is 4.79 Å².